The maximum absolute atomic E-state index is 10.3. The van der Waals surface area contributed by atoms with Gasteiger partial charge >= 0.3 is 0 Å². The second-order valence-electron chi connectivity index (χ2n) is 8.79. The highest BCUT2D eigenvalue weighted by atomic mass is 79.9. The van der Waals surface area contributed by atoms with Crippen LogP contribution < -0.4 is 9.47 Å². The van der Waals surface area contributed by atoms with Crippen LogP contribution in [-0.2, 0) is 5.41 Å². The van der Waals surface area contributed by atoms with Crippen LogP contribution in [0, 0.1) is 0 Å². The van der Waals surface area contributed by atoms with Gasteiger partial charge in [0, 0.05) is 36.6 Å². The standard InChI is InChI=1S/C25H33BrClNO4S/c1-25(2,19-5-8-24(23(26)13-19)32-16-20(29)14-27)18-3-6-22(7-4-18)31-17-21(30)15-28-9-11-33-12-10-28/h3-8,13,20-21,29-30H,9-12,14-17H2,1-2H3. The third-order valence-corrected chi connectivity index (χ3v) is 7.77. The lowest BCUT2D eigenvalue weighted by Gasteiger charge is -2.28. The molecule has 0 bridgehead atoms. The van der Waals surface area contributed by atoms with E-state index in [0.717, 1.165) is 45.9 Å². The van der Waals surface area contributed by atoms with E-state index in [1.807, 2.05) is 42.1 Å². The van der Waals surface area contributed by atoms with Gasteiger partial charge in [-0.15, -0.1) is 11.6 Å². The molecule has 0 aromatic heterocycles. The summed E-state index contributed by atoms with van der Waals surface area (Å²) in [5, 5.41) is 19.9. The van der Waals surface area contributed by atoms with Crippen molar-refractivity contribution in [2.24, 2.45) is 0 Å². The average molecular weight is 559 g/mol. The minimum atomic E-state index is -0.694. The molecule has 1 fully saturated rings. The molecule has 2 aromatic rings. The molecule has 1 saturated heterocycles. The molecule has 0 saturated carbocycles. The topological polar surface area (TPSA) is 62.2 Å². The van der Waals surface area contributed by atoms with Gasteiger partial charge < -0.3 is 19.7 Å². The summed E-state index contributed by atoms with van der Waals surface area (Å²) in [4.78, 5) is 2.30. The Morgan fingerprint density at radius 2 is 1.64 bits per heavy atom. The minimum Gasteiger partial charge on any atom is -0.491 e. The molecule has 2 unspecified atom stereocenters. The lowest BCUT2D eigenvalue weighted by atomic mass is 9.78. The number of halogens is 2. The summed E-state index contributed by atoms with van der Waals surface area (Å²) in [6.45, 7) is 7.50. The van der Waals surface area contributed by atoms with Crippen LogP contribution in [0.5, 0.6) is 11.5 Å². The number of thioether (sulfide) groups is 1. The van der Waals surface area contributed by atoms with Gasteiger partial charge in [-0.3, -0.25) is 4.90 Å². The molecule has 2 N–H and O–H groups in total. The van der Waals surface area contributed by atoms with Crippen molar-refractivity contribution in [1.82, 2.24) is 4.90 Å². The lowest BCUT2D eigenvalue weighted by molar-refractivity contribution is 0.0715. The van der Waals surface area contributed by atoms with Crippen LogP contribution in [0.25, 0.3) is 0 Å². The Hall–Kier alpha value is -0.960. The van der Waals surface area contributed by atoms with Gasteiger partial charge in [0.25, 0.3) is 0 Å². The summed E-state index contributed by atoms with van der Waals surface area (Å²) in [6, 6.07) is 14.0. The first-order valence-electron chi connectivity index (χ1n) is 11.2. The van der Waals surface area contributed by atoms with Crippen molar-refractivity contribution < 1.29 is 19.7 Å². The summed E-state index contributed by atoms with van der Waals surface area (Å²) in [5.41, 5.74) is 2.05. The van der Waals surface area contributed by atoms with Gasteiger partial charge in [0.1, 0.15) is 36.9 Å². The molecule has 8 heteroatoms. The Bertz CT molecular complexity index is 877. The summed E-state index contributed by atoms with van der Waals surface area (Å²) in [5.74, 6) is 3.83. The first kappa shape index (κ1) is 26.6. The highest BCUT2D eigenvalue weighted by molar-refractivity contribution is 9.10. The zero-order valence-corrected chi connectivity index (χ0v) is 22.3. The first-order chi connectivity index (χ1) is 15.8. The molecule has 2 atom stereocenters. The van der Waals surface area contributed by atoms with Crippen LogP contribution in [0.3, 0.4) is 0 Å². The van der Waals surface area contributed by atoms with Crippen molar-refractivity contribution >= 4 is 39.3 Å². The van der Waals surface area contributed by atoms with Gasteiger partial charge in [-0.2, -0.15) is 11.8 Å². The zero-order valence-electron chi connectivity index (χ0n) is 19.2. The molecule has 182 valence electrons. The minimum absolute atomic E-state index is 0.138. The molecule has 0 spiro atoms. The van der Waals surface area contributed by atoms with Gasteiger partial charge in [0.15, 0.2) is 0 Å². The van der Waals surface area contributed by atoms with Crippen molar-refractivity contribution in [3.63, 3.8) is 0 Å². The van der Waals surface area contributed by atoms with Gasteiger partial charge in [-0.1, -0.05) is 32.0 Å². The van der Waals surface area contributed by atoms with E-state index in [4.69, 9.17) is 21.1 Å². The van der Waals surface area contributed by atoms with E-state index in [9.17, 15) is 10.2 Å². The fraction of sp³-hybridized carbons (Fsp3) is 0.520. The first-order valence-corrected chi connectivity index (χ1v) is 13.7. The Morgan fingerprint density at radius 3 is 2.27 bits per heavy atom. The van der Waals surface area contributed by atoms with Gasteiger partial charge in [0.05, 0.1) is 10.4 Å². The maximum atomic E-state index is 10.3. The van der Waals surface area contributed by atoms with Gasteiger partial charge in [0.2, 0.25) is 0 Å². The van der Waals surface area contributed by atoms with Crippen LogP contribution in [0.15, 0.2) is 46.9 Å². The summed E-state index contributed by atoms with van der Waals surface area (Å²) in [7, 11) is 0. The Morgan fingerprint density at radius 1 is 1.00 bits per heavy atom. The largest absolute Gasteiger partial charge is 0.491 e. The summed E-state index contributed by atoms with van der Waals surface area (Å²) >= 11 is 11.2. The fourth-order valence-corrected chi connectivity index (χ4v) is 5.26. The molecule has 33 heavy (non-hydrogen) atoms. The van der Waals surface area contributed by atoms with Crippen molar-refractivity contribution in [1.29, 1.82) is 0 Å². The molecule has 1 heterocycles. The fourth-order valence-electron chi connectivity index (χ4n) is 3.70. The van der Waals surface area contributed by atoms with E-state index < -0.39 is 12.2 Å². The number of β-amino-alcohol motifs (C(OH)–C–C–N with tert-alkyl or cyclic N) is 1. The van der Waals surface area contributed by atoms with Gasteiger partial charge in [-0.25, -0.2) is 0 Å². The van der Waals surface area contributed by atoms with Crippen LogP contribution >= 0.6 is 39.3 Å². The molecular formula is C25H33BrClNO4S. The Labute approximate surface area is 214 Å². The van der Waals surface area contributed by atoms with Crippen molar-refractivity contribution in [3.8, 4) is 11.5 Å². The van der Waals surface area contributed by atoms with Gasteiger partial charge in [-0.05, 0) is 51.3 Å². The van der Waals surface area contributed by atoms with E-state index >= 15 is 0 Å². The summed E-state index contributed by atoms with van der Waals surface area (Å²) in [6.07, 6.45) is -1.19. The number of hydrogen-bond acceptors (Lipinski definition) is 6. The SMILES string of the molecule is CC(C)(c1ccc(OCC(O)CN2CCSCC2)cc1)c1ccc(OCC(O)CCl)c(Br)c1. The number of benzene rings is 2. The monoisotopic (exact) mass is 557 g/mol. The average Bonchev–Trinajstić information content (AvgIpc) is 2.82. The molecule has 5 nitrogen and oxygen atoms in total. The predicted octanol–water partition coefficient (Wildman–Crippen LogP) is 4.54. The van der Waals surface area contributed by atoms with Crippen molar-refractivity contribution in [3.05, 3.63) is 58.1 Å². The Balaban J connectivity index is 1.57. The zero-order chi connectivity index (χ0) is 23.8. The number of ether oxygens (including phenoxy) is 2. The van der Waals surface area contributed by atoms with Crippen molar-refractivity contribution in [2.75, 3.05) is 50.2 Å². The van der Waals surface area contributed by atoms with Crippen LogP contribution in [0.4, 0.5) is 0 Å². The third-order valence-electron chi connectivity index (χ3n) is 5.85. The highest BCUT2D eigenvalue weighted by Crippen LogP contribution is 2.36. The Kier molecular flexibility index (Phi) is 10.2. The van der Waals surface area contributed by atoms with E-state index in [0.29, 0.717) is 18.9 Å². The van der Waals surface area contributed by atoms with E-state index in [1.165, 1.54) is 0 Å². The number of hydrogen-bond donors (Lipinski definition) is 2. The third kappa shape index (κ3) is 7.77. The molecule has 3 rings (SSSR count). The molecule has 1 aliphatic heterocycles. The van der Waals surface area contributed by atoms with Crippen LogP contribution in [0.2, 0.25) is 0 Å². The normalized spacial score (nSPS) is 16.9. The number of nitrogens with zero attached hydrogens (tertiary/aromatic N) is 1. The summed E-state index contributed by atoms with van der Waals surface area (Å²) < 4.78 is 12.3. The maximum Gasteiger partial charge on any atom is 0.133 e. The number of alkyl halides is 1. The molecular weight excluding hydrogens is 526 g/mol. The number of aliphatic hydroxyl groups is 2. The second-order valence-corrected chi connectivity index (χ2v) is 11.2. The van der Waals surface area contributed by atoms with Crippen LogP contribution in [-0.4, -0.2) is 77.6 Å². The quantitative estimate of drug-likeness (QED) is 0.395. The van der Waals surface area contributed by atoms with Crippen molar-refractivity contribution in [2.45, 2.75) is 31.5 Å². The van der Waals surface area contributed by atoms with E-state index in [-0.39, 0.29) is 17.9 Å². The molecule has 1 aliphatic rings. The smallest absolute Gasteiger partial charge is 0.133 e. The molecule has 0 radical (unpaired) electrons. The highest BCUT2D eigenvalue weighted by Gasteiger charge is 2.24. The van der Waals surface area contributed by atoms with E-state index in [1.54, 1.807) is 0 Å². The number of aliphatic hydroxyl groups excluding tert-OH is 2. The molecule has 0 amide bonds. The predicted molar refractivity (Wildman–Crippen MR) is 140 cm³/mol. The van der Waals surface area contributed by atoms with E-state index in [2.05, 4.69) is 46.8 Å². The lowest BCUT2D eigenvalue weighted by Crippen LogP contribution is -2.40. The molecule has 2 aromatic carbocycles. The second kappa shape index (κ2) is 12.7. The molecule has 0 aliphatic carbocycles. The number of rotatable bonds is 11. The van der Waals surface area contributed by atoms with Crippen LogP contribution in [0.1, 0.15) is 25.0 Å².